The molecule has 196 valence electrons. The van der Waals surface area contributed by atoms with Gasteiger partial charge in [0.2, 0.25) is 0 Å². The molecule has 1 heterocycles. The van der Waals surface area contributed by atoms with Crippen molar-refractivity contribution in [2.24, 2.45) is 5.16 Å². The van der Waals surface area contributed by atoms with Gasteiger partial charge in [-0.2, -0.15) is 13.2 Å². The molecule has 1 aromatic heterocycles. The minimum atomic E-state index is -4.41. The van der Waals surface area contributed by atoms with Crippen molar-refractivity contribution in [3.8, 4) is 0 Å². The SMILES string of the molecule is CCc1nc(C(C)=NOCc2ccc(C3CCCCC3)c(C(F)(F)F)c2)ccc1CNCCC(=O)O. The molecule has 0 amide bonds. The Hall–Kier alpha value is -2.94. The van der Waals surface area contributed by atoms with Crippen LogP contribution in [0.2, 0.25) is 0 Å². The average molecular weight is 506 g/mol. The van der Waals surface area contributed by atoms with Gasteiger partial charge in [-0.1, -0.05) is 49.5 Å². The molecule has 0 bridgehead atoms. The summed E-state index contributed by atoms with van der Waals surface area (Å²) in [6.07, 6.45) is 0.941. The zero-order valence-electron chi connectivity index (χ0n) is 20.8. The van der Waals surface area contributed by atoms with E-state index >= 15 is 0 Å². The minimum Gasteiger partial charge on any atom is -0.481 e. The summed E-state index contributed by atoms with van der Waals surface area (Å²) in [6, 6.07) is 8.20. The maximum atomic E-state index is 13.8. The molecule has 1 aliphatic rings. The van der Waals surface area contributed by atoms with Gasteiger partial charge in [0.15, 0.2) is 0 Å². The van der Waals surface area contributed by atoms with Crippen LogP contribution in [0.15, 0.2) is 35.5 Å². The van der Waals surface area contributed by atoms with Crippen molar-refractivity contribution >= 4 is 11.7 Å². The molecule has 3 rings (SSSR count). The fourth-order valence-corrected chi connectivity index (χ4v) is 4.58. The molecule has 0 saturated heterocycles. The second-order valence-corrected chi connectivity index (χ2v) is 9.18. The first-order chi connectivity index (χ1) is 17.2. The number of carbonyl (C=O) groups is 1. The zero-order valence-corrected chi connectivity index (χ0v) is 20.8. The van der Waals surface area contributed by atoms with Crippen molar-refractivity contribution in [3.05, 3.63) is 64.0 Å². The van der Waals surface area contributed by atoms with E-state index in [9.17, 15) is 18.0 Å². The van der Waals surface area contributed by atoms with Crippen LogP contribution >= 0.6 is 0 Å². The number of hydrogen-bond donors (Lipinski definition) is 2. The normalized spacial score (nSPS) is 15.2. The monoisotopic (exact) mass is 505 g/mol. The Labute approximate surface area is 210 Å². The third-order valence-corrected chi connectivity index (χ3v) is 6.51. The summed E-state index contributed by atoms with van der Waals surface area (Å²) in [6.45, 7) is 4.52. The predicted octanol–water partition coefficient (Wildman–Crippen LogP) is 6.22. The standard InChI is InChI=1S/C27H34F3N3O3/c1-3-24-21(16-31-14-13-26(34)35)10-12-25(32-24)18(2)33-36-17-19-9-11-22(20-7-5-4-6-8-20)23(15-19)27(28,29)30/h9-12,15,20,31H,3-8,13-14,16-17H2,1-2H3,(H,34,35). The topological polar surface area (TPSA) is 83.8 Å². The van der Waals surface area contributed by atoms with Crippen molar-refractivity contribution in [2.45, 2.75) is 84.0 Å². The molecule has 1 saturated carbocycles. The Morgan fingerprint density at radius 1 is 1.19 bits per heavy atom. The van der Waals surface area contributed by atoms with Crippen molar-refractivity contribution < 1.29 is 27.9 Å². The van der Waals surface area contributed by atoms with Gasteiger partial charge in [-0.3, -0.25) is 9.78 Å². The van der Waals surface area contributed by atoms with E-state index < -0.39 is 17.7 Å². The maximum absolute atomic E-state index is 13.8. The van der Waals surface area contributed by atoms with Crippen LogP contribution in [0.3, 0.4) is 0 Å². The molecule has 6 nitrogen and oxygen atoms in total. The quantitative estimate of drug-likeness (QED) is 0.215. The number of pyridine rings is 1. The van der Waals surface area contributed by atoms with E-state index in [0.717, 1.165) is 43.4 Å². The van der Waals surface area contributed by atoms with E-state index in [0.29, 0.717) is 42.0 Å². The van der Waals surface area contributed by atoms with E-state index in [4.69, 9.17) is 9.94 Å². The lowest BCUT2D eigenvalue weighted by molar-refractivity contribution is -0.139. The molecule has 2 aromatic rings. The number of halogens is 3. The van der Waals surface area contributed by atoms with Gasteiger partial charge in [0.05, 0.1) is 17.7 Å². The van der Waals surface area contributed by atoms with Crippen LogP contribution in [0.4, 0.5) is 13.2 Å². The summed E-state index contributed by atoms with van der Waals surface area (Å²) in [4.78, 5) is 20.7. The summed E-state index contributed by atoms with van der Waals surface area (Å²) >= 11 is 0. The molecule has 0 atom stereocenters. The van der Waals surface area contributed by atoms with E-state index in [-0.39, 0.29) is 18.9 Å². The molecule has 1 fully saturated rings. The number of oxime groups is 1. The van der Waals surface area contributed by atoms with Crippen LogP contribution in [0.5, 0.6) is 0 Å². The van der Waals surface area contributed by atoms with Gasteiger partial charge in [-0.15, -0.1) is 0 Å². The lowest BCUT2D eigenvalue weighted by atomic mass is 9.81. The highest BCUT2D eigenvalue weighted by Gasteiger charge is 2.35. The number of benzene rings is 1. The van der Waals surface area contributed by atoms with Gasteiger partial charge in [-0.25, -0.2) is 0 Å². The first kappa shape index (κ1) is 27.6. The Morgan fingerprint density at radius 2 is 1.94 bits per heavy atom. The Balaban J connectivity index is 1.66. The van der Waals surface area contributed by atoms with Crippen molar-refractivity contribution in [1.29, 1.82) is 0 Å². The largest absolute Gasteiger partial charge is 0.481 e. The number of aliphatic carboxylic acids is 1. The predicted molar refractivity (Wildman–Crippen MR) is 132 cm³/mol. The maximum Gasteiger partial charge on any atom is 0.416 e. The van der Waals surface area contributed by atoms with Crippen molar-refractivity contribution in [1.82, 2.24) is 10.3 Å². The second kappa shape index (κ2) is 12.9. The summed E-state index contributed by atoms with van der Waals surface area (Å²) in [5, 5.41) is 15.9. The summed E-state index contributed by atoms with van der Waals surface area (Å²) in [5.74, 6) is -0.895. The lowest BCUT2D eigenvalue weighted by Crippen LogP contribution is -2.19. The fourth-order valence-electron chi connectivity index (χ4n) is 4.58. The van der Waals surface area contributed by atoms with Crippen LogP contribution < -0.4 is 5.32 Å². The highest BCUT2D eigenvalue weighted by Crippen LogP contribution is 2.41. The molecule has 0 spiro atoms. The Morgan fingerprint density at radius 3 is 2.61 bits per heavy atom. The minimum absolute atomic E-state index is 0.0419. The molecule has 36 heavy (non-hydrogen) atoms. The van der Waals surface area contributed by atoms with Crippen LogP contribution in [-0.4, -0.2) is 28.3 Å². The molecule has 2 N–H and O–H groups in total. The van der Waals surface area contributed by atoms with Crippen LogP contribution in [0.1, 0.15) is 91.9 Å². The molecule has 9 heteroatoms. The van der Waals surface area contributed by atoms with Crippen LogP contribution in [-0.2, 0) is 35.4 Å². The molecule has 1 aliphatic carbocycles. The van der Waals surface area contributed by atoms with Gasteiger partial charge < -0.3 is 15.3 Å². The number of carboxylic acid groups (broad SMARTS) is 1. The Bertz CT molecular complexity index is 1060. The molecular formula is C27H34F3N3O3. The van der Waals surface area contributed by atoms with Gasteiger partial charge in [0.25, 0.3) is 0 Å². The summed E-state index contributed by atoms with van der Waals surface area (Å²) < 4.78 is 41.4. The van der Waals surface area contributed by atoms with E-state index in [2.05, 4.69) is 15.5 Å². The zero-order chi connectivity index (χ0) is 26.1. The molecule has 1 aromatic carbocycles. The van der Waals surface area contributed by atoms with Gasteiger partial charge in [0.1, 0.15) is 12.3 Å². The van der Waals surface area contributed by atoms with Gasteiger partial charge >= 0.3 is 12.1 Å². The first-order valence-corrected chi connectivity index (χ1v) is 12.5. The molecule has 0 unspecified atom stereocenters. The number of nitrogens with zero attached hydrogens (tertiary/aromatic N) is 2. The highest BCUT2D eigenvalue weighted by molar-refractivity contribution is 5.96. The third-order valence-electron chi connectivity index (χ3n) is 6.51. The van der Waals surface area contributed by atoms with E-state index in [1.54, 1.807) is 25.1 Å². The molecule has 0 radical (unpaired) electrons. The number of alkyl halides is 3. The number of hydrogen-bond acceptors (Lipinski definition) is 5. The molecular weight excluding hydrogens is 471 g/mol. The van der Waals surface area contributed by atoms with Crippen LogP contribution in [0.25, 0.3) is 0 Å². The molecule has 0 aliphatic heterocycles. The van der Waals surface area contributed by atoms with Crippen molar-refractivity contribution in [3.63, 3.8) is 0 Å². The van der Waals surface area contributed by atoms with Gasteiger partial charge in [0, 0.05) is 18.8 Å². The number of aryl methyl sites for hydroxylation is 1. The van der Waals surface area contributed by atoms with Crippen molar-refractivity contribution in [2.75, 3.05) is 6.54 Å². The number of rotatable bonds is 11. The summed E-state index contributed by atoms with van der Waals surface area (Å²) in [7, 11) is 0. The third kappa shape index (κ3) is 7.78. The Kier molecular flexibility index (Phi) is 9.87. The number of nitrogens with one attached hydrogen (secondary N) is 1. The van der Waals surface area contributed by atoms with Crippen LogP contribution in [0, 0.1) is 0 Å². The summed E-state index contributed by atoms with van der Waals surface area (Å²) in [5.41, 5.74) is 3.20. The lowest BCUT2D eigenvalue weighted by Gasteiger charge is -2.25. The first-order valence-electron chi connectivity index (χ1n) is 12.5. The number of aromatic nitrogens is 1. The fraction of sp³-hybridized carbons (Fsp3) is 0.519. The van der Waals surface area contributed by atoms with Gasteiger partial charge in [-0.05, 0) is 60.9 Å². The number of carboxylic acids is 1. The highest BCUT2D eigenvalue weighted by atomic mass is 19.4. The smallest absolute Gasteiger partial charge is 0.416 e. The second-order valence-electron chi connectivity index (χ2n) is 9.18. The van der Waals surface area contributed by atoms with E-state index in [1.165, 1.54) is 6.07 Å². The van der Waals surface area contributed by atoms with E-state index in [1.807, 2.05) is 13.0 Å². The average Bonchev–Trinajstić information content (AvgIpc) is 2.86.